The molecule has 1 saturated heterocycles. The molecule has 1 aliphatic heterocycles. The lowest BCUT2D eigenvalue weighted by Crippen LogP contribution is -2.38. The summed E-state index contributed by atoms with van der Waals surface area (Å²) < 4.78 is 6.52. The molecule has 8 nitrogen and oxygen atoms in total. The first-order valence-corrected chi connectivity index (χ1v) is 12.7. The molecule has 196 valence electrons. The molecule has 4 aromatic rings. The van der Waals surface area contributed by atoms with Gasteiger partial charge in [-0.1, -0.05) is 24.3 Å². The van der Waals surface area contributed by atoms with Gasteiger partial charge in [-0.2, -0.15) is 5.26 Å². The second-order valence-corrected chi connectivity index (χ2v) is 9.43. The Morgan fingerprint density at radius 3 is 2.82 bits per heavy atom. The van der Waals surface area contributed by atoms with Gasteiger partial charge < -0.3 is 20.7 Å². The number of hydrogen-bond acceptors (Lipinski definition) is 8. The Kier molecular flexibility index (Phi) is 8.95. The Morgan fingerprint density at radius 2 is 2.00 bits per heavy atom. The third kappa shape index (κ3) is 6.13. The van der Waals surface area contributed by atoms with Crippen LogP contribution in [0.2, 0.25) is 0 Å². The van der Waals surface area contributed by atoms with Crippen molar-refractivity contribution in [2.45, 2.75) is 32.7 Å². The molecule has 3 heterocycles. The van der Waals surface area contributed by atoms with Crippen LogP contribution in [0.5, 0.6) is 11.6 Å². The van der Waals surface area contributed by atoms with Crippen molar-refractivity contribution in [1.82, 2.24) is 20.3 Å². The second kappa shape index (κ2) is 12.5. The second-order valence-electron chi connectivity index (χ2n) is 9.43. The minimum atomic E-state index is -0.0888. The zero-order valence-electron chi connectivity index (χ0n) is 21.6. The number of piperidine rings is 1. The van der Waals surface area contributed by atoms with Crippen LogP contribution in [0.1, 0.15) is 25.3 Å². The highest BCUT2D eigenvalue weighted by atomic mass is 35.5. The summed E-state index contributed by atoms with van der Waals surface area (Å²) in [5.74, 6) is 1.74. The largest absolute Gasteiger partial charge is 0.437 e. The van der Waals surface area contributed by atoms with Gasteiger partial charge in [-0.3, -0.25) is 0 Å². The highest BCUT2D eigenvalue weighted by Gasteiger charge is 2.17. The topological polar surface area (TPSA) is 108 Å². The van der Waals surface area contributed by atoms with Gasteiger partial charge in [-0.25, -0.2) is 15.0 Å². The van der Waals surface area contributed by atoms with Crippen LogP contribution in [0, 0.1) is 24.2 Å². The maximum Gasteiger partial charge on any atom is 0.228 e. The van der Waals surface area contributed by atoms with E-state index in [0.29, 0.717) is 24.4 Å². The lowest BCUT2D eigenvalue weighted by atomic mass is 10.0. The number of ether oxygens (including phenoxy) is 1. The number of nitrogens with one attached hydrogen (secondary N) is 3. The van der Waals surface area contributed by atoms with Crippen LogP contribution in [0.25, 0.3) is 22.0 Å². The Bertz CT molecular complexity index is 1430. The average molecular weight is 530 g/mol. The number of hydrogen-bond donors (Lipinski definition) is 3. The van der Waals surface area contributed by atoms with E-state index < -0.39 is 0 Å². The summed E-state index contributed by atoms with van der Waals surface area (Å²) in [4.78, 5) is 13.8. The molecule has 2 aromatic heterocycles. The van der Waals surface area contributed by atoms with Crippen LogP contribution < -0.4 is 20.7 Å². The van der Waals surface area contributed by atoms with E-state index in [4.69, 9.17) is 15.0 Å². The Labute approximate surface area is 229 Å². The summed E-state index contributed by atoms with van der Waals surface area (Å²) in [5, 5.41) is 21.4. The summed E-state index contributed by atoms with van der Waals surface area (Å²) >= 11 is 0. The Morgan fingerprint density at radius 1 is 1.11 bits per heavy atom. The van der Waals surface area contributed by atoms with Crippen molar-refractivity contribution >= 4 is 34.8 Å². The molecule has 2 unspecified atom stereocenters. The number of pyridine rings is 1. The normalized spacial score (nSPS) is 15.7. The fraction of sp³-hybridized carbons (Fsp3) is 0.310. The van der Waals surface area contributed by atoms with E-state index in [9.17, 15) is 0 Å². The van der Waals surface area contributed by atoms with Crippen LogP contribution in [-0.4, -0.2) is 40.6 Å². The predicted octanol–water partition coefficient (Wildman–Crippen LogP) is 5.95. The SMILES string of the molecule is Cc1ccc2c(NCC(C)C#N)cccc2c1Oc1ncccc1-c1ccnc(NC2CCCNC2)n1.Cl. The summed E-state index contributed by atoms with van der Waals surface area (Å²) in [6, 6.07) is 18.5. The van der Waals surface area contributed by atoms with Crippen molar-refractivity contribution in [3.05, 3.63) is 66.5 Å². The monoisotopic (exact) mass is 529 g/mol. The number of benzene rings is 2. The van der Waals surface area contributed by atoms with Gasteiger partial charge in [0, 0.05) is 48.0 Å². The van der Waals surface area contributed by atoms with Crippen LogP contribution in [-0.2, 0) is 0 Å². The van der Waals surface area contributed by atoms with Crippen LogP contribution >= 0.6 is 12.4 Å². The molecular formula is C29H32ClN7O. The van der Waals surface area contributed by atoms with Crippen molar-refractivity contribution in [3.63, 3.8) is 0 Å². The van der Waals surface area contributed by atoms with Crippen molar-refractivity contribution in [2.24, 2.45) is 5.92 Å². The molecule has 38 heavy (non-hydrogen) atoms. The molecule has 2 aromatic carbocycles. The summed E-state index contributed by atoms with van der Waals surface area (Å²) in [6.07, 6.45) is 5.72. The minimum absolute atomic E-state index is 0. The Balaban J connectivity index is 0.00000336. The van der Waals surface area contributed by atoms with Crippen molar-refractivity contribution < 1.29 is 4.74 Å². The van der Waals surface area contributed by atoms with E-state index in [2.05, 4.69) is 38.1 Å². The molecule has 1 fully saturated rings. The van der Waals surface area contributed by atoms with Gasteiger partial charge in [0.25, 0.3) is 0 Å². The maximum absolute atomic E-state index is 9.16. The van der Waals surface area contributed by atoms with E-state index in [-0.39, 0.29) is 18.3 Å². The molecule has 0 amide bonds. The number of aryl methyl sites for hydroxylation is 1. The summed E-state index contributed by atoms with van der Waals surface area (Å²) in [5.41, 5.74) is 3.51. The van der Waals surface area contributed by atoms with Gasteiger partial charge in [0.15, 0.2) is 0 Å². The van der Waals surface area contributed by atoms with Gasteiger partial charge in [-0.15, -0.1) is 12.4 Å². The standard InChI is InChI=1S/C29H31N7O.ClH/c1-19(16-30)17-34-25-9-3-7-23-22(25)11-10-20(2)27(23)37-28-24(8-5-14-32-28)26-12-15-33-29(36-26)35-21-6-4-13-31-18-21;/h3,5,7-12,14-15,19,21,31,34H,4,6,13,17-18H2,1-2H3,(H,33,35,36);1H. The fourth-order valence-corrected chi connectivity index (χ4v) is 4.54. The maximum atomic E-state index is 9.16. The highest BCUT2D eigenvalue weighted by Crippen LogP contribution is 2.38. The fourth-order valence-electron chi connectivity index (χ4n) is 4.54. The summed E-state index contributed by atoms with van der Waals surface area (Å²) in [6.45, 7) is 6.46. The third-order valence-electron chi connectivity index (χ3n) is 6.56. The van der Waals surface area contributed by atoms with Crippen LogP contribution in [0.3, 0.4) is 0 Å². The van der Waals surface area contributed by atoms with Crippen molar-refractivity contribution in [3.8, 4) is 29.0 Å². The van der Waals surface area contributed by atoms with Gasteiger partial charge in [0.2, 0.25) is 11.8 Å². The first kappa shape index (κ1) is 27.1. The number of nitriles is 1. The highest BCUT2D eigenvalue weighted by molar-refractivity contribution is 5.98. The molecule has 0 aliphatic carbocycles. The van der Waals surface area contributed by atoms with Crippen LogP contribution in [0.4, 0.5) is 11.6 Å². The number of anilines is 2. The number of aromatic nitrogens is 3. The molecule has 1 aliphatic rings. The zero-order chi connectivity index (χ0) is 25.6. The van der Waals surface area contributed by atoms with E-state index in [0.717, 1.165) is 65.0 Å². The van der Waals surface area contributed by atoms with Crippen LogP contribution in [0.15, 0.2) is 60.9 Å². The Hall–Kier alpha value is -3.93. The molecule has 0 bridgehead atoms. The summed E-state index contributed by atoms with van der Waals surface area (Å²) in [7, 11) is 0. The smallest absolute Gasteiger partial charge is 0.228 e. The van der Waals surface area contributed by atoms with Gasteiger partial charge in [-0.05, 0) is 63.1 Å². The number of fused-ring (bicyclic) bond motifs is 1. The lowest BCUT2D eigenvalue weighted by Gasteiger charge is -2.23. The predicted molar refractivity (Wildman–Crippen MR) is 154 cm³/mol. The first-order chi connectivity index (χ1) is 18.1. The van der Waals surface area contributed by atoms with E-state index in [1.165, 1.54) is 0 Å². The molecule has 2 atom stereocenters. The molecule has 0 saturated carbocycles. The lowest BCUT2D eigenvalue weighted by molar-refractivity contribution is 0.466. The van der Waals surface area contributed by atoms with E-state index in [1.54, 1.807) is 12.4 Å². The zero-order valence-corrected chi connectivity index (χ0v) is 22.4. The van der Waals surface area contributed by atoms with Crippen molar-refractivity contribution in [2.75, 3.05) is 30.3 Å². The minimum Gasteiger partial charge on any atom is -0.437 e. The van der Waals surface area contributed by atoms with Gasteiger partial charge in [0.05, 0.1) is 23.2 Å². The molecule has 5 rings (SSSR count). The van der Waals surface area contributed by atoms with Crippen molar-refractivity contribution in [1.29, 1.82) is 5.26 Å². The van der Waals surface area contributed by atoms with E-state index in [1.807, 2.05) is 56.3 Å². The average Bonchev–Trinajstić information content (AvgIpc) is 2.94. The molecular weight excluding hydrogens is 498 g/mol. The molecule has 0 radical (unpaired) electrons. The third-order valence-corrected chi connectivity index (χ3v) is 6.56. The van der Waals surface area contributed by atoms with E-state index >= 15 is 0 Å². The quantitative estimate of drug-likeness (QED) is 0.257. The number of nitrogens with zero attached hydrogens (tertiary/aromatic N) is 4. The molecule has 9 heteroatoms. The number of halogens is 1. The molecule has 3 N–H and O–H groups in total. The first-order valence-electron chi connectivity index (χ1n) is 12.7. The van der Waals surface area contributed by atoms with Gasteiger partial charge in [0.1, 0.15) is 5.75 Å². The van der Waals surface area contributed by atoms with Gasteiger partial charge >= 0.3 is 0 Å². The number of rotatable bonds is 8. The molecule has 0 spiro atoms.